The van der Waals surface area contributed by atoms with Gasteiger partial charge in [0.2, 0.25) is 0 Å². The first kappa shape index (κ1) is 14.9. The lowest BCUT2D eigenvalue weighted by Crippen LogP contribution is -2.37. The Labute approximate surface area is 119 Å². The molecule has 0 saturated carbocycles. The molecule has 0 radical (unpaired) electrons. The smallest absolute Gasteiger partial charge is 0.0208 e. The molecule has 17 heavy (non-hydrogen) atoms. The number of halogens is 1. The summed E-state index contributed by atoms with van der Waals surface area (Å²) in [6, 6.07) is 9.18. The fourth-order valence-electron chi connectivity index (χ4n) is 1.56. The minimum Gasteiger partial charge on any atom is -0.315 e. The Morgan fingerprint density at radius 3 is 2.29 bits per heavy atom. The maximum Gasteiger partial charge on any atom is 0.0208 e. The van der Waals surface area contributed by atoms with Gasteiger partial charge in [0.05, 0.1) is 0 Å². The van der Waals surface area contributed by atoms with E-state index in [4.69, 9.17) is 0 Å². The summed E-state index contributed by atoms with van der Waals surface area (Å²) in [5.41, 5.74) is 1.35. The van der Waals surface area contributed by atoms with E-state index in [2.05, 4.69) is 78.3 Å². The first-order chi connectivity index (χ1) is 8.08. The van der Waals surface area contributed by atoms with E-state index < -0.39 is 0 Å². The molecule has 1 atom stereocenters. The minimum atomic E-state index is 0.507. The second-order valence-electron chi connectivity index (χ2n) is 4.96. The van der Waals surface area contributed by atoms with Crippen LogP contribution in [0.3, 0.4) is 0 Å². The van der Waals surface area contributed by atoms with E-state index in [1.165, 1.54) is 9.13 Å². The average molecular weight is 346 g/mol. The molecule has 1 aromatic carbocycles. The Morgan fingerprint density at radius 2 is 1.71 bits per heavy atom. The molecule has 0 spiro atoms. The van der Waals surface area contributed by atoms with Gasteiger partial charge in [-0.1, -0.05) is 26.0 Å². The van der Waals surface area contributed by atoms with Crippen molar-refractivity contribution in [1.29, 1.82) is 0 Å². The van der Waals surface area contributed by atoms with Crippen LogP contribution in [0.2, 0.25) is 0 Å². The van der Waals surface area contributed by atoms with Gasteiger partial charge in [-0.05, 0) is 59.7 Å². The van der Waals surface area contributed by atoms with Crippen molar-refractivity contribution in [2.45, 2.75) is 33.4 Å². The van der Waals surface area contributed by atoms with E-state index in [0.29, 0.717) is 6.04 Å². The summed E-state index contributed by atoms with van der Waals surface area (Å²) in [6.07, 6.45) is 0. The molecule has 0 bridgehead atoms. The molecule has 0 fully saturated rings. The van der Waals surface area contributed by atoms with Crippen molar-refractivity contribution >= 4 is 22.6 Å². The van der Waals surface area contributed by atoms with Crippen molar-refractivity contribution in [3.63, 3.8) is 0 Å². The highest BCUT2D eigenvalue weighted by atomic mass is 127. The quantitative estimate of drug-likeness (QED) is 0.742. The first-order valence-electron chi connectivity index (χ1n) is 6.26. The fourth-order valence-corrected chi connectivity index (χ4v) is 1.91. The Kier molecular flexibility index (Phi) is 7.08. The molecule has 2 N–H and O–H groups in total. The molecule has 0 aromatic heterocycles. The van der Waals surface area contributed by atoms with Crippen LogP contribution in [0.1, 0.15) is 26.3 Å². The molecule has 0 aliphatic carbocycles. The summed E-state index contributed by atoms with van der Waals surface area (Å²) in [5.74, 6) is 0.721. The molecular formula is C14H23IN2. The monoisotopic (exact) mass is 346 g/mol. The van der Waals surface area contributed by atoms with Gasteiger partial charge in [-0.15, -0.1) is 0 Å². The van der Waals surface area contributed by atoms with Crippen molar-refractivity contribution in [1.82, 2.24) is 10.6 Å². The normalized spacial score (nSPS) is 13.0. The Bertz CT molecular complexity index is 309. The van der Waals surface area contributed by atoms with Gasteiger partial charge in [0.15, 0.2) is 0 Å². The molecule has 2 nitrogen and oxygen atoms in total. The van der Waals surface area contributed by atoms with Crippen LogP contribution in [0, 0.1) is 9.49 Å². The standard InChI is InChI=1S/C14H23IN2/c1-11(2)8-16-9-12(3)17-10-13-4-6-14(15)7-5-13/h4-7,11-12,16-17H,8-10H2,1-3H3. The van der Waals surface area contributed by atoms with Crippen molar-refractivity contribution in [2.75, 3.05) is 13.1 Å². The lowest BCUT2D eigenvalue weighted by Gasteiger charge is -2.15. The number of rotatable bonds is 7. The molecule has 0 saturated heterocycles. The van der Waals surface area contributed by atoms with Gasteiger partial charge < -0.3 is 10.6 Å². The van der Waals surface area contributed by atoms with E-state index >= 15 is 0 Å². The summed E-state index contributed by atoms with van der Waals surface area (Å²) >= 11 is 2.33. The van der Waals surface area contributed by atoms with Crippen LogP contribution in [0.15, 0.2) is 24.3 Å². The second kappa shape index (κ2) is 8.06. The molecule has 0 heterocycles. The van der Waals surface area contributed by atoms with E-state index in [9.17, 15) is 0 Å². The average Bonchev–Trinajstić information content (AvgIpc) is 2.28. The van der Waals surface area contributed by atoms with Gasteiger partial charge in [-0.2, -0.15) is 0 Å². The van der Waals surface area contributed by atoms with Crippen LogP contribution in [-0.4, -0.2) is 19.1 Å². The molecule has 3 heteroatoms. The molecule has 0 aliphatic rings. The van der Waals surface area contributed by atoms with Crippen molar-refractivity contribution in [3.05, 3.63) is 33.4 Å². The minimum absolute atomic E-state index is 0.507. The number of hydrogen-bond acceptors (Lipinski definition) is 2. The van der Waals surface area contributed by atoms with E-state index in [0.717, 1.165) is 25.6 Å². The largest absolute Gasteiger partial charge is 0.315 e. The van der Waals surface area contributed by atoms with Gasteiger partial charge in [0.25, 0.3) is 0 Å². The van der Waals surface area contributed by atoms with Crippen LogP contribution in [0.5, 0.6) is 0 Å². The summed E-state index contributed by atoms with van der Waals surface area (Å²) in [5, 5.41) is 6.99. The van der Waals surface area contributed by atoms with Gasteiger partial charge >= 0.3 is 0 Å². The van der Waals surface area contributed by atoms with Crippen LogP contribution in [0.25, 0.3) is 0 Å². The lowest BCUT2D eigenvalue weighted by molar-refractivity contribution is 0.472. The molecule has 1 rings (SSSR count). The highest BCUT2D eigenvalue weighted by molar-refractivity contribution is 14.1. The summed E-state index contributed by atoms with van der Waals surface area (Å²) in [4.78, 5) is 0. The van der Waals surface area contributed by atoms with Crippen LogP contribution in [-0.2, 0) is 6.54 Å². The maximum atomic E-state index is 3.53. The zero-order valence-electron chi connectivity index (χ0n) is 11.0. The molecule has 1 aromatic rings. The lowest BCUT2D eigenvalue weighted by atomic mass is 10.2. The number of nitrogens with one attached hydrogen (secondary N) is 2. The molecule has 96 valence electrons. The predicted octanol–water partition coefficient (Wildman–Crippen LogP) is 3.01. The van der Waals surface area contributed by atoms with E-state index in [-0.39, 0.29) is 0 Å². The van der Waals surface area contributed by atoms with Crippen molar-refractivity contribution < 1.29 is 0 Å². The highest BCUT2D eigenvalue weighted by Crippen LogP contribution is 2.06. The zero-order valence-corrected chi connectivity index (χ0v) is 13.1. The first-order valence-corrected chi connectivity index (χ1v) is 7.34. The topological polar surface area (TPSA) is 24.1 Å². The van der Waals surface area contributed by atoms with Crippen LogP contribution in [0.4, 0.5) is 0 Å². The highest BCUT2D eigenvalue weighted by Gasteiger charge is 2.01. The second-order valence-corrected chi connectivity index (χ2v) is 6.21. The molecular weight excluding hydrogens is 323 g/mol. The Hall–Kier alpha value is -0.130. The third kappa shape index (κ3) is 7.01. The van der Waals surface area contributed by atoms with Crippen LogP contribution >= 0.6 is 22.6 Å². The number of hydrogen-bond donors (Lipinski definition) is 2. The SMILES string of the molecule is CC(C)CNCC(C)NCc1ccc(I)cc1. The van der Waals surface area contributed by atoms with Gasteiger partial charge in [0.1, 0.15) is 0 Å². The van der Waals surface area contributed by atoms with E-state index in [1.807, 2.05) is 0 Å². The summed E-state index contributed by atoms with van der Waals surface area (Å²) in [7, 11) is 0. The molecule has 0 amide bonds. The van der Waals surface area contributed by atoms with Gasteiger partial charge in [-0.25, -0.2) is 0 Å². The van der Waals surface area contributed by atoms with Crippen LogP contribution < -0.4 is 10.6 Å². The Balaban J connectivity index is 2.19. The molecule has 0 aliphatic heterocycles. The fraction of sp³-hybridized carbons (Fsp3) is 0.571. The van der Waals surface area contributed by atoms with Crippen molar-refractivity contribution in [2.24, 2.45) is 5.92 Å². The Morgan fingerprint density at radius 1 is 1.06 bits per heavy atom. The zero-order chi connectivity index (χ0) is 12.7. The maximum absolute atomic E-state index is 3.53. The molecule has 1 unspecified atom stereocenters. The van der Waals surface area contributed by atoms with Crippen molar-refractivity contribution in [3.8, 4) is 0 Å². The number of benzene rings is 1. The summed E-state index contributed by atoms with van der Waals surface area (Å²) < 4.78 is 1.29. The third-order valence-electron chi connectivity index (χ3n) is 2.57. The predicted molar refractivity (Wildman–Crippen MR) is 83.2 cm³/mol. The van der Waals surface area contributed by atoms with Gasteiger partial charge in [0, 0.05) is 22.7 Å². The van der Waals surface area contributed by atoms with E-state index in [1.54, 1.807) is 0 Å². The summed E-state index contributed by atoms with van der Waals surface area (Å²) in [6.45, 7) is 9.76. The van der Waals surface area contributed by atoms with Gasteiger partial charge in [-0.3, -0.25) is 0 Å². The third-order valence-corrected chi connectivity index (χ3v) is 3.29.